The monoisotopic (exact) mass is 546 g/mol. The summed E-state index contributed by atoms with van der Waals surface area (Å²) in [4.78, 5) is 4.53. The quantitative estimate of drug-likeness (QED) is 0.212. The van der Waals surface area contributed by atoms with Crippen LogP contribution in [0.5, 0.6) is 0 Å². The number of aliphatic imine (C=N–C) groups is 1. The van der Waals surface area contributed by atoms with Gasteiger partial charge in [-0.05, 0) is 61.0 Å². The molecule has 35 heavy (non-hydrogen) atoms. The van der Waals surface area contributed by atoms with Gasteiger partial charge in [0, 0.05) is 16.6 Å². The van der Waals surface area contributed by atoms with E-state index in [9.17, 15) is 8.42 Å². The first kappa shape index (κ1) is 25.5. The highest BCUT2D eigenvalue weighted by Gasteiger charge is 2.26. The summed E-state index contributed by atoms with van der Waals surface area (Å²) in [5.74, 6) is 0.920. The molecule has 9 heteroatoms. The van der Waals surface area contributed by atoms with Crippen LogP contribution in [0.1, 0.15) is 22.6 Å². The summed E-state index contributed by atoms with van der Waals surface area (Å²) in [7, 11) is -3.86. The summed E-state index contributed by atoms with van der Waals surface area (Å²) in [6.45, 7) is 1.93. The number of hydrogen-bond donors (Lipinski definition) is 0. The van der Waals surface area contributed by atoms with Crippen LogP contribution in [0.4, 0.5) is 5.69 Å². The molecule has 5 nitrogen and oxygen atoms in total. The molecule has 0 bridgehead atoms. The van der Waals surface area contributed by atoms with Gasteiger partial charge in [-0.1, -0.05) is 70.7 Å². The molecular formula is C26H21Cl3N2O3S. The van der Waals surface area contributed by atoms with Gasteiger partial charge in [-0.3, -0.25) is 4.99 Å². The lowest BCUT2D eigenvalue weighted by atomic mass is 10.2. The number of benzene rings is 3. The van der Waals surface area contributed by atoms with Crippen molar-refractivity contribution in [2.45, 2.75) is 24.9 Å². The van der Waals surface area contributed by atoms with Gasteiger partial charge in [-0.25, -0.2) is 8.42 Å². The van der Waals surface area contributed by atoms with Crippen LogP contribution < -0.4 is 0 Å². The summed E-state index contributed by atoms with van der Waals surface area (Å²) in [6.07, 6.45) is 1.54. The van der Waals surface area contributed by atoms with Gasteiger partial charge in [-0.2, -0.15) is 4.31 Å². The Morgan fingerprint density at radius 1 is 0.886 bits per heavy atom. The van der Waals surface area contributed by atoms with E-state index in [4.69, 9.17) is 39.2 Å². The molecule has 0 radical (unpaired) electrons. The van der Waals surface area contributed by atoms with Crippen LogP contribution in [0.2, 0.25) is 15.1 Å². The number of sulfonamides is 1. The fourth-order valence-electron chi connectivity index (χ4n) is 3.34. The van der Waals surface area contributed by atoms with Gasteiger partial charge in [0.05, 0.1) is 28.4 Å². The Morgan fingerprint density at radius 3 is 2.34 bits per heavy atom. The Labute approximate surface area is 219 Å². The van der Waals surface area contributed by atoms with Crippen molar-refractivity contribution in [3.63, 3.8) is 0 Å². The average Bonchev–Trinajstić information content (AvgIpc) is 3.27. The number of para-hydroxylation sites is 1. The highest BCUT2D eigenvalue weighted by atomic mass is 35.5. The molecule has 0 N–H and O–H groups in total. The van der Waals surface area contributed by atoms with Crippen LogP contribution in [0.25, 0.3) is 0 Å². The van der Waals surface area contributed by atoms with E-state index in [-0.39, 0.29) is 18.0 Å². The summed E-state index contributed by atoms with van der Waals surface area (Å²) >= 11 is 18.5. The second kappa shape index (κ2) is 11.0. The number of aryl methyl sites for hydroxylation is 1. The van der Waals surface area contributed by atoms with Gasteiger partial charge in [0.2, 0.25) is 10.0 Å². The van der Waals surface area contributed by atoms with Crippen LogP contribution in [-0.4, -0.2) is 18.9 Å². The summed E-state index contributed by atoms with van der Waals surface area (Å²) in [5, 5.41) is 1.37. The zero-order valence-corrected chi connectivity index (χ0v) is 21.7. The molecule has 0 amide bonds. The maximum atomic E-state index is 13.6. The fraction of sp³-hybridized carbons (Fsp3) is 0.115. The molecule has 4 aromatic rings. The molecule has 0 saturated heterocycles. The Bertz CT molecular complexity index is 1470. The van der Waals surface area contributed by atoms with Crippen LogP contribution in [0.15, 0.2) is 93.2 Å². The van der Waals surface area contributed by atoms with Crippen molar-refractivity contribution in [3.8, 4) is 0 Å². The second-order valence-electron chi connectivity index (χ2n) is 7.84. The van der Waals surface area contributed by atoms with E-state index in [0.29, 0.717) is 37.8 Å². The first-order chi connectivity index (χ1) is 16.7. The SMILES string of the molecule is Cc1ccc(S(=O)(=O)N(Cc2ccc(C=Nc3ccccc3Cl)o2)Cc2ccc(Cl)cc2Cl)cc1. The largest absolute Gasteiger partial charge is 0.459 e. The minimum atomic E-state index is -3.86. The molecule has 1 aromatic heterocycles. The molecule has 0 fully saturated rings. The van der Waals surface area contributed by atoms with Crippen LogP contribution in [0, 0.1) is 6.92 Å². The molecule has 180 valence electrons. The third-order valence-electron chi connectivity index (χ3n) is 5.22. The molecular weight excluding hydrogens is 527 g/mol. The lowest BCUT2D eigenvalue weighted by Crippen LogP contribution is -2.30. The molecule has 0 aliphatic heterocycles. The van der Waals surface area contributed by atoms with Gasteiger partial charge in [0.25, 0.3) is 0 Å². The molecule has 1 heterocycles. The average molecular weight is 548 g/mol. The van der Waals surface area contributed by atoms with E-state index < -0.39 is 10.0 Å². The predicted octanol–water partition coefficient (Wildman–Crippen LogP) is 7.69. The third-order valence-corrected chi connectivity index (χ3v) is 7.93. The maximum absolute atomic E-state index is 13.6. The summed E-state index contributed by atoms with van der Waals surface area (Å²) in [5.41, 5.74) is 2.19. The Morgan fingerprint density at radius 2 is 1.63 bits per heavy atom. The lowest BCUT2D eigenvalue weighted by molar-refractivity contribution is 0.357. The number of halogens is 3. The number of rotatable bonds is 8. The summed E-state index contributed by atoms with van der Waals surface area (Å²) < 4.78 is 34.3. The standard InChI is InChI=1S/C26H21Cl3N2O3S/c1-18-6-12-23(13-7-18)35(32,33)31(16-19-8-9-20(27)14-25(19)29)17-22-11-10-21(34-22)15-30-26-5-3-2-4-24(26)28/h2-15H,16-17H2,1H3. The molecule has 0 aliphatic rings. The summed E-state index contributed by atoms with van der Waals surface area (Å²) in [6, 6.07) is 22.3. The molecule has 3 aromatic carbocycles. The molecule has 0 saturated carbocycles. The van der Waals surface area contributed by atoms with Crippen LogP contribution in [-0.2, 0) is 23.1 Å². The van der Waals surface area contributed by atoms with Crippen molar-refractivity contribution in [1.29, 1.82) is 0 Å². The van der Waals surface area contributed by atoms with Crippen molar-refractivity contribution in [2.24, 2.45) is 4.99 Å². The molecule has 0 atom stereocenters. The lowest BCUT2D eigenvalue weighted by Gasteiger charge is -2.22. The van der Waals surface area contributed by atoms with Gasteiger partial charge >= 0.3 is 0 Å². The Hall–Kier alpha value is -2.61. The smallest absolute Gasteiger partial charge is 0.243 e. The minimum absolute atomic E-state index is 0.00486. The van der Waals surface area contributed by atoms with E-state index in [0.717, 1.165) is 5.56 Å². The highest BCUT2D eigenvalue weighted by Crippen LogP contribution is 2.27. The van der Waals surface area contributed by atoms with E-state index >= 15 is 0 Å². The van der Waals surface area contributed by atoms with Crippen LogP contribution >= 0.6 is 34.8 Å². The fourth-order valence-corrected chi connectivity index (χ4v) is 5.37. The van der Waals surface area contributed by atoms with Crippen molar-refractivity contribution in [3.05, 3.63) is 117 Å². The van der Waals surface area contributed by atoms with Crippen molar-refractivity contribution in [1.82, 2.24) is 4.31 Å². The molecule has 0 spiro atoms. The molecule has 0 unspecified atom stereocenters. The zero-order valence-electron chi connectivity index (χ0n) is 18.7. The normalized spacial score (nSPS) is 12.0. The highest BCUT2D eigenvalue weighted by molar-refractivity contribution is 7.89. The minimum Gasteiger partial charge on any atom is -0.459 e. The Kier molecular flexibility index (Phi) is 7.99. The van der Waals surface area contributed by atoms with Gasteiger partial charge in [0.1, 0.15) is 11.5 Å². The first-order valence-corrected chi connectivity index (χ1v) is 13.2. The van der Waals surface area contributed by atoms with Crippen molar-refractivity contribution in [2.75, 3.05) is 0 Å². The van der Waals surface area contributed by atoms with Gasteiger partial charge < -0.3 is 4.42 Å². The second-order valence-corrected chi connectivity index (χ2v) is 11.0. The maximum Gasteiger partial charge on any atom is 0.243 e. The van der Waals surface area contributed by atoms with E-state index in [1.54, 1.807) is 72.9 Å². The van der Waals surface area contributed by atoms with Gasteiger partial charge in [-0.15, -0.1) is 0 Å². The first-order valence-electron chi connectivity index (χ1n) is 10.6. The van der Waals surface area contributed by atoms with Gasteiger partial charge in [0.15, 0.2) is 0 Å². The third kappa shape index (κ3) is 6.34. The molecule has 0 aliphatic carbocycles. The number of hydrogen-bond acceptors (Lipinski definition) is 4. The topological polar surface area (TPSA) is 62.9 Å². The predicted molar refractivity (Wildman–Crippen MR) is 141 cm³/mol. The Balaban J connectivity index is 1.63. The van der Waals surface area contributed by atoms with Crippen LogP contribution in [0.3, 0.4) is 0 Å². The van der Waals surface area contributed by atoms with Crippen molar-refractivity contribution < 1.29 is 12.8 Å². The van der Waals surface area contributed by atoms with E-state index in [1.165, 1.54) is 4.31 Å². The number of furan rings is 1. The van der Waals surface area contributed by atoms with Crippen molar-refractivity contribution >= 4 is 56.7 Å². The van der Waals surface area contributed by atoms with E-state index in [2.05, 4.69) is 4.99 Å². The zero-order chi connectivity index (χ0) is 25.0. The number of nitrogens with zero attached hydrogens (tertiary/aromatic N) is 2. The molecule has 4 rings (SSSR count). The van der Waals surface area contributed by atoms with E-state index in [1.807, 2.05) is 19.1 Å².